The molecule has 26 heavy (non-hydrogen) atoms. The molecule has 0 saturated heterocycles. The lowest BCUT2D eigenvalue weighted by Gasteiger charge is -2.44. The van der Waals surface area contributed by atoms with E-state index >= 15 is 0 Å². The fourth-order valence-electron chi connectivity index (χ4n) is 4.17. The Morgan fingerprint density at radius 2 is 1.96 bits per heavy atom. The number of carbonyl (C=O) groups excluding carboxylic acids is 1. The number of fused-ring (bicyclic) bond motifs is 1. The number of carbonyl (C=O) groups is 1. The second kappa shape index (κ2) is 5.94. The summed E-state index contributed by atoms with van der Waals surface area (Å²) in [5, 5.41) is 0. The van der Waals surface area contributed by atoms with Crippen LogP contribution in [0, 0.1) is 6.92 Å². The highest BCUT2D eigenvalue weighted by Crippen LogP contribution is 2.44. The molecule has 2 saturated carbocycles. The molecule has 2 fully saturated rings. The van der Waals surface area contributed by atoms with Gasteiger partial charge in [-0.3, -0.25) is 9.20 Å². The predicted molar refractivity (Wildman–Crippen MR) is 99.1 cm³/mol. The number of rotatable bonds is 4. The molecule has 5 nitrogen and oxygen atoms in total. The molecule has 0 spiro atoms. The van der Waals surface area contributed by atoms with Gasteiger partial charge in [0.25, 0.3) is 5.91 Å². The van der Waals surface area contributed by atoms with E-state index in [9.17, 15) is 4.79 Å². The fraction of sp³-hybridized carbons (Fsp3) is 0.381. The first-order chi connectivity index (χ1) is 12.7. The van der Waals surface area contributed by atoms with Crippen LogP contribution in [0.3, 0.4) is 0 Å². The largest absolute Gasteiger partial charge is 0.333 e. The van der Waals surface area contributed by atoms with Crippen molar-refractivity contribution in [3.8, 4) is 0 Å². The van der Waals surface area contributed by atoms with E-state index in [4.69, 9.17) is 0 Å². The zero-order valence-corrected chi connectivity index (χ0v) is 14.9. The molecule has 1 amide bonds. The molecular weight excluding hydrogens is 324 g/mol. The van der Waals surface area contributed by atoms with Gasteiger partial charge in [0.15, 0.2) is 0 Å². The summed E-state index contributed by atoms with van der Waals surface area (Å²) in [5.41, 5.74) is 3.45. The van der Waals surface area contributed by atoms with Gasteiger partial charge in [0.2, 0.25) is 5.78 Å². The Bertz CT molecular complexity index is 969. The van der Waals surface area contributed by atoms with Gasteiger partial charge in [-0.25, -0.2) is 9.97 Å². The van der Waals surface area contributed by atoms with E-state index in [0.29, 0.717) is 29.3 Å². The number of aryl methyl sites for hydroxylation is 1. The highest BCUT2D eigenvalue weighted by Gasteiger charge is 2.44. The molecule has 5 heteroatoms. The highest BCUT2D eigenvalue weighted by molar-refractivity contribution is 5.94. The minimum Gasteiger partial charge on any atom is -0.333 e. The molecule has 0 radical (unpaired) electrons. The third-order valence-electron chi connectivity index (χ3n) is 5.80. The van der Waals surface area contributed by atoms with Gasteiger partial charge in [-0.2, -0.15) is 0 Å². The second-order valence-electron chi connectivity index (χ2n) is 7.60. The summed E-state index contributed by atoms with van der Waals surface area (Å²) in [6.07, 6.45) is 11.4. The number of aromatic nitrogens is 3. The molecule has 0 atom stereocenters. The van der Waals surface area contributed by atoms with Crippen molar-refractivity contribution in [2.45, 2.75) is 50.6 Å². The van der Waals surface area contributed by atoms with Gasteiger partial charge in [0.05, 0.1) is 5.56 Å². The molecule has 2 aliphatic rings. The SMILES string of the molecule is Cc1ccccc1C1CC(N(C(=O)c2cnc3nccn3c2)C2CC2)C1. The number of hydrogen-bond acceptors (Lipinski definition) is 3. The minimum absolute atomic E-state index is 0.115. The fourth-order valence-corrected chi connectivity index (χ4v) is 4.17. The summed E-state index contributed by atoms with van der Waals surface area (Å²) in [4.78, 5) is 23.8. The lowest BCUT2D eigenvalue weighted by atomic mass is 9.73. The van der Waals surface area contributed by atoms with Crippen LogP contribution in [0.1, 0.15) is 53.1 Å². The number of nitrogens with zero attached hydrogens (tertiary/aromatic N) is 4. The smallest absolute Gasteiger partial charge is 0.257 e. The molecule has 2 aliphatic carbocycles. The zero-order valence-electron chi connectivity index (χ0n) is 14.9. The number of imidazole rings is 1. The monoisotopic (exact) mass is 346 g/mol. The van der Waals surface area contributed by atoms with E-state index in [1.807, 2.05) is 16.8 Å². The van der Waals surface area contributed by atoms with E-state index in [1.54, 1.807) is 12.4 Å². The molecule has 0 aliphatic heterocycles. The average Bonchev–Trinajstić information content (AvgIpc) is 3.34. The average molecular weight is 346 g/mol. The summed E-state index contributed by atoms with van der Waals surface area (Å²) in [6, 6.07) is 9.37. The first kappa shape index (κ1) is 15.6. The Hall–Kier alpha value is -2.69. The van der Waals surface area contributed by atoms with Gasteiger partial charge in [0, 0.05) is 36.9 Å². The Balaban J connectivity index is 1.36. The Kier molecular flexibility index (Phi) is 3.55. The highest BCUT2D eigenvalue weighted by atomic mass is 16.2. The van der Waals surface area contributed by atoms with Crippen molar-refractivity contribution in [3.05, 3.63) is 65.7 Å². The van der Waals surface area contributed by atoms with Gasteiger partial charge in [-0.15, -0.1) is 0 Å². The Labute approximate surface area is 152 Å². The topological polar surface area (TPSA) is 50.5 Å². The maximum absolute atomic E-state index is 13.2. The normalized spacial score (nSPS) is 22.2. The summed E-state index contributed by atoms with van der Waals surface area (Å²) < 4.78 is 1.81. The molecule has 2 aromatic heterocycles. The molecule has 0 N–H and O–H groups in total. The predicted octanol–water partition coefficient (Wildman–Crippen LogP) is 3.59. The number of benzene rings is 1. The molecule has 0 unspecified atom stereocenters. The Morgan fingerprint density at radius 3 is 2.73 bits per heavy atom. The van der Waals surface area contributed by atoms with E-state index in [0.717, 1.165) is 25.7 Å². The van der Waals surface area contributed by atoms with E-state index in [1.165, 1.54) is 11.1 Å². The number of amides is 1. The van der Waals surface area contributed by atoms with Gasteiger partial charge >= 0.3 is 0 Å². The molecule has 3 aromatic rings. The van der Waals surface area contributed by atoms with E-state index < -0.39 is 0 Å². The molecule has 132 valence electrons. The van der Waals surface area contributed by atoms with Gasteiger partial charge in [0.1, 0.15) is 0 Å². The van der Waals surface area contributed by atoms with Crippen LogP contribution in [0.2, 0.25) is 0 Å². The quantitative estimate of drug-likeness (QED) is 0.725. The van der Waals surface area contributed by atoms with Crippen molar-refractivity contribution in [2.24, 2.45) is 0 Å². The van der Waals surface area contributed by atoms with Crippen molar-refractivity contribution in [2.75, 3.05) is 0 Å². The van der Waals surface area contributed by atoms with Crippen LogP contribution in [0.4, 0.5) is 0 Å². The van der Waals surface area contributed by atoms with Gasteiger partial charge in [-0.05, 0) is 49.7 Å². The van der Waals surface area contributed by atoms with Crippen LogP contribution in [-0.4, -0.2) is 37.3 Å². The standard InChI is InChI=1S/C21H22N4O/c1-14-4-2-3-5-19(14)15-10-18(11-15)25(17-6-7-17)20(26)16-12-23-21-22-8-9-24(21)13-16/h2-5,8-9,12-13,15,17-18H,6-7,10-11H2,1H3. The summed E-state index contributed by atoms with van der Waals surface area (Å²) >= 11 is 0. The van der Waals surface area contributed by atoms with Crippen LogP contribution in [0.15, 0.2) is 49.1 Å². The molecule has 2 heterocycles. The first-order valence-corrected chi connectivity index (χ1v) is 9.37. The Morgan fingerprint density at radius 1 is 1.15 bits per heavy atom. The van der Waals surface area contributed by atoms with Crippen LogP contribution < -0.4 is 0 Å². The molecule has 0 bridgehead atoms. The van der Waals surface area contributed by atoms with Crippen molar-refractivity contribution < 1.29 is 4.79 Å². The van der Waals surface area contributed by atoms with Gasteiger partial charge in [-0.1, -0.05) is 24.3 Å². The number of hydrogen-bond donors (Lipinski definition) is 0. The van der Waals surface area contributed by atoms with E-state index in [2.05, 4.69) is 46.1 Å². The maximum atomic E-state index is 13.2. The lowest BCUT2D eigenvalue weighted by Crippen LogP contribution is -2.48. The van der Waals surface area contributed by atoms with Crippen molar-refractivity contribution in [1.29, 1.82) is 0 Å². The van der Waals surface area contributed by atoms with E-state index in [-0.39, 0.29) is 5.91 Å². The summed E-state index contributed by atoms with van der Waals surface area (Å²) in [7, 11) is 0. The molecule has 5 rings (SSSR count). The second-order valence-corrected chi connectivity index (χ2v) is 7.60. The van der Waals surface area contributed by atoms with Crippen LogP contribution in [0.25, 0.3) is 5.78 Å². The molecular formula is C21H22N4O. The van der Waals surface area contributed by atoms with Crippen LogP contribution in [0.5, 0.6) is 0 Å². The lowest BCUT2D eigenvalue weighted by molar-refractivity contribution is 0.0515. The van der Waals surface area contributed by atoms with Crippen LogP contribution in [-0.2, 0) is 0 Å². The van der Waals surface area contributed by atoms with Crippen LogP contribution >= 0.6 is 0 Å². The first-order valence-electron chi connectivity index (χ1n) is 9.37. The summed E-state index contributed by atoms with van der Waals surface area (Å²) in [5.74, 6) is 1.32. The van der Waals surface area contributed by atoms with Crippen molar-refractivity contribution >= 4 is 11.7 Å². The zero-order chi connectivity index (χ0) is 17.7. The third kappa shape index (κ3) is 2.59. The maximum Gasteiger partial charge on any atom is 0.257 e. The van der Waals surface area contributed by atoms with Crippen molar-refractivity contribution in [3.63, 3.8) is 0 Å². The molecule has 1 aromatic carbocycles. The summed E-state index contributed by atoms with van der Waals surface area (Å²) in [6.45, 7) is 2.18. The third-order valence-corrected chi connectivity index (χ3v) is 5.80. The van der Waals surface area contributed by atoms with Crippen molar-refractivity contribution in [1.82, 2.24) is 19.3 Å². The van der Waals surface area contributed by atoms with Gasteiger partial charge < -0.3 is 4.90 Å². The minimum atomic E-state index is 0.115.